The smallest absolute Gasteiger partial charge is 0.444 e. The van der Waals surface area contributed by atoms with Crippen LogP contribution in [0.3, 0.4) is 0 Å². The Balaban J connectivity index is 1.53. The van der Waals surface area contributed by atoms with Crippen molar-refractivity contribution in [2.24, 2.45) is 11.8 Å². The number of carbonyl (C=O) groups excluding carboxylic acids is 1. The van der Waals surface area contributed by atoms with E-state index >= 15 is 0 Å². The maximum Gasteiger partial charge on any atom is 0.573 e. The molecule has 1 aliphatic heterocycles. The van der Waals surface area contributed by atoms with Crippen molar-refractivity contribution in [2.75, 3.05) is 23.4 Å². The SMILES string of the molecule is CC(C)CN(Cc1ccccc1)C1CS(=O)(=O)CC(Cc2ccc(NC(=O)OCc3ccccc3)c(OC(F)(F)F)c2)C1O. The maximum absolute atomic E-state index is 13.3. The molecule has 2 N–H and O–H groups in total. The van der Waals surface area contributed by atoms with Gasteiger partial charge in [-0.1, -0.05) is 80.6 Å². The number of ether oxygens (including phenoxy) is 2. The maximum atomic E-state index is 13.3. The molecule has 3 atom stereocenters. The standard InChI is InChI=1S/C32H37F3N2O6S/c1-22(2)17-37(18-23-9-5-3-6-10-23)28-21-44(40,41)20-26(30(28)38)15-25-13-14-27(29(16-25)43-32(33,34)35)36-31(39)42-19-24-11-7-4-8-12-24/h3-14,16,22,26,28,30,38H,15,17-21H2,1-2H3,(H,36,39). The molecule has 0 radical (unpaired) electrons. The number of sulfone groups is 1. The number of anilines is 1. The molecule has 0 aromatic heterocycles. The van der Waals surface area contributed by atoms with E-state index in [1.807, 2.05) is 49.1 Å². The third-order valence-electron chi connectivity index (χ3n) is 7.29. The Bertz CT molecular complexity index is 1490. The molecule has 44 heavy (non-hydrogen) atoms. The van der Waals surface area contributed by atoms with Gasteiger partial charge in [0.05, 0.1) is 29.3 Å². The molecular formula is C32H37F3N2O6S. The summed E-state index contributed by atoms with van der Waals surface area (Å²) >= 11 is 0. The lowest BCUT2D eigenvalue weighted by Gasteiger charge is -2.42. The molecule has 3 aromatic carbocycles. The number of nitrogens with one attached hydrogen (secondary N) is 1. The number of aliphatic hydroxyl groups excluding tert-OH is 1. The van der Waals surface area contributed by atoms with Crippen molar-refractivity contribution in [3.8, 4) is 5.75 Å². The number of hydrogen-bond donors (Lipinski definition) is 2. The zero-order valence-electron chi connectivity index (χ0n) is 24.5. The minimum absolute atomic E-state index is 0.0231. The van der Waals surface area contributed by atoms with Crippen molar-refractivity contribution in [3.05, 3.63) is 95.6 Å². The van der Waals surface area contributed by atoms with Gasteiger partial charge in [-0.15, -0.1) is 13.2 Å². The number of hydrogen-bond acceptors (Lipinski definition) is 7. The van der Waals surface area contributed by atoms with Crippen LogP contribution in [0.2, 0.25) is 0 Å². The number of nitrogens with zero attached hydrogens (tertiary/aromatic N) is 1. The zero-order valence-corrected chi connectivity index (χ0v) is 25.4. The number of carbonyl (C=O) groups is 1. The van der Waals surface area contributed by atoms with Gasteiger partial charge < -0.3 is 14.6 Å². The molecule has 1 aliphatic rings. The van der Waals surface area contributed by atoms with E-state index in [4.69, 9.17) is 4.74 Å². The fourth-order valence-corrected chi connectivity index (χ4v) is 7.48. The van der Waals surface area contributed by atoms with Crippen molar-refractivity contribution >= 4 is 21.6 Å². The summed E-state index contributed by atoms with van der Waals surface area (Å²) in [5.74, 6) is -1.80. The summed E-state index contributed by atoms with van der Waals surface area (Å²) in [6.45, 7) is 4.91. The lowest BCUT2D eigenvalue weighted by Crippen LogP contribution is -2.56. The molecule has 12 heteroatoms. The predicted octanol–water partition coefficient (Wildman–Crippen LogP) is 5.81. The third kappa shape index (κ3) is 9.96. The summed E-state index contributed by atoms with van der Waals surface area (Å²) in [6.07, 6.45) is -7.12. The topological polar surface area (TPSA) is 105 Å². The van der Waals surface area contributed by atoms with Crippen molar-refractivity contribution in [1.29, 1.82) is 0 Å². The largest absolute Gasteiger partial charge is 0.573 e. The molecule has 1 fully saturated rings. The van der Waals surface area contributed by atoms with Crippen LogP contribution in [0.1, 0.15) is 30.5 Å². The van der Waals surface area contributed by atoms with Gasteiger partial charge in [0.2, 0.25) is 0 Å². The van der Waals surface area contributed by atoms with E-state index in [2.05, 4.69) is 10.1 Å². The van der Waals surface area contributed by atoms with Crippen LogP contribution in [0.25, 0.3) is 0 Å². The summed E-state index contributed by atoms with van der Waals surface area (Å²) in [6, 6.07) is 21.4. The van der Waals surface area contributed by atoms with Gasteiger partial charge >= 0.3 is 12.5 Å². The van der Waals surface area contributed by atoms with Gasteiger partial charge in [-0.2, -0.15) is 0 Å². The molecule has 0 saturated carbocycles. The first-order chi connectivity index (χ1) is 20.8. The summed E-state index contributed by atoms with van der Waals surface area (Å²) < 4.78 is 75.4. The minimum atomic E-state index is -5.06. The Hall–Kier alpha value is -3.61. The van der Waals surface area contributed by atoms with Crippen molar-refractivity contribution in [2.45, 2.75) is 51.9 Å². The second kappa shape index (κ2) is 14.4. The van der Waals surface area contributed by atoms with E-state index in [0.29, 0.717) is 24.2 Å². The molecule has 3 unspecified atom stereocenters. The number of rotatable bonds is 11. The van der Waals surface area contributed by atoms with Crippen molar-refractivity contribution in [1.82, 2.24) is 4.90 Å². The highest BCUT2D eigenvalue weighted by atomic mass is 32.2. The van der Waals surface area contributed by atoms with E-state index in [-0.39, 0.29) is 36.1 Å². The number of amides is 1. The molecule has 238 valence electrons. The molecular weight excluding hydrogens is 597 g/mol. The van der Waals surface area contributed by atoms with Gasteiger partial charge in [-0.25, -0.2) is 13.2 Å². The lowest BCUT2D eigenvalue weighted by atomic mass is 9.90. The molecule has 0 aliphatic carbocycles. The number of alkyl halides is 3. The van der Waals surface area contributed by atoms with E-state index in [0.717, 1.165) is 11.6 Å². The Morgan fingerprint density at radius 3 is 2.23 bits per heavy atom. The molecule has 8 nitrogen and oxygen atoms in total. The monoisotopic (exact) mass is 634 g/mol. The second-order valence-electron chi connectivity index (χ2n) is 11.5. The Labute approximate surface area is 255 Å². The van der Waals surface area contributed by atoms with Crippen LogP contribution >= 0.6 is 0 Å². The van der Waals surface area contributed by atoms with E-state index in [1.54, 1.807) is 30.3 Å². The van der Waals surface area contributed by atoms with Crippen LogP contribution in [-0.2, 0) is 34.1 Å². The summed E-state index contributed by atoms with van der Waals surface area (Å²) in [4.78, 5) is 14.3. The number of aliphatic hydroxyl groups is 1. The Kier molecular flexibility index (Phi) is 10.9. The molecule has 3 aromatic rings. The van der Waals surface area contributed by atoms with E-state index in [9.17, 15) is 31.5 Å². The molecule has 0 spiro atoms. The summed E-state index contributed by atoms with van der Waals surface area (Å²) in [5, 5.41) is 13.8. The normalized spacial score (nSPS) is 20.0. The predicted molar refractivity (Wildman–Crippen MR) is 161 cm³/mol. The van der Waals surface area contributed by atoms with Crippen LogP contribution in [0.4, 0.5) is 23.7 Å². The van der Waals surface area contributed by atoms with Gasteiger partial charge in [-0.3, -0.25) is 10.2 Å². The van der Waals surface area contributed by atoms with Crippen LogP contribution in [0.5, 0.6) is 5.75 Å². The van der Waals surface area contributed by atoms with Crippen molar-refractivity contribution in [3.63, 3.8) is 0 Å². The Morgan fingerprint density at radius 2 is 1.61 bits per heavy atom. The first-order valence-electron chi connectivity index (χ1n) is 14.3. The number of benzene rings is 3. The fraction of sp³-hybridized carbons (Fsp3) is 0.406. The van der Waals surface area contributed by atoms with Gasteiger partial charge in [0.1, 0.15) is 6.61 Å². The van der Waals surface area contributed by atoms with Crippen LogP contribution in [0, 0.1) is 11.8 Å². The number of halogens is 3. The van der Waals surface area contributed by atoms with Crippen molar-refractivity contribution < 1.29 is 41.0 Å². The van der Waals surface area contributed by atoms with Crippen LogP contribution in [0.15, 0.2) is 78.9 Å². The fourth-order valence-electron chi connectivity index (χ4n) is 5.45. The van der Waals surface area contributed by atoms with Crippen LogP contribution in [-0.4, -0.2) is 61.1 Å². The molecule has 1 saturated heterocycles. The summed E-state index contributed by atoms with van der Waals surface area (Å²) in [7, 11) is -3.59. The Morgan fingerprint density at radius 1 is 0.977 bits per heavy atom. The van der Waals surface area contributed by atoms with Gasteiger partial charge in [0.25, 0.3) is 0 Å². The second-order valence-corrected chi connectivity index (χ2v) is 13.6. The first kappa shape index (κ1) is 33.3. The highest BCUT2D eigenvalue weighted by Crippen LogP contribution is 2.34. The van der Waals surface area contributed by atoms with E-state index < -0.39 is 46.1 Å². The molecule has 4 rings (SSSR count). The molecule has 1 heterocycles. The first-order valence-corrected chi connectivity index (χ1v) is 16.1. The lowest BCUT2D eigenvalue weighted by molar-refractivity contribution is -0.274. The highest BCUT2D eigenvalue weighted by molar-refractivity contribution is 7.91. The third-order valence-corrected chi connectivity index (χ3v) is 9.07. The molecule has 1 amide bonds. The van der Waals surface area contributed by atoms with Gasteiger partial charge in [-0.05, 0) is 41.2 Å². The van der Waals surface area contributed by atoms with E-state index in [1.165, 1.54) is 12.1 Å². The summed E-state index contributed by atoms with van der Waals surface area (Å²) in [5.41, 5.74) is 1.70. The average molecular weight is 635 g/mol. The molecule has 0 bridgehead atoms. The van der Waals surface area contributed by atoms with Gasteiger partial charge in [0, 0.05) is 19.0 Å². The quantitative estimate of drug-likeness (QED) is 0.274. The zero-order chi connectivity index (χ0) is 31.9. The van der Waals surface area contributed by atoms with Crippen LogP contribution < -0.4 is 10.1 Å². The van der Waals surface area contributed by atoms with Gasteiger partial charge in [0.15, 0.2) is 15.6 Å². The average Bonchev–Trinajstić information content (AvgIpc) is 2.95. The highest BCUT2D eigenvalue weighted by Gasteiger charge is 2.42. The minimum Gasteiger partial charge on any atom is -0.444 e.